The average Bonchev–Trinajstić information content (AvgIpc) is 2.76. The fourth-order valence-corrected chi connectivity index (χ4v) is 5.13. The molecule has 0 spiro atoms. The van der Waals surface area contributed by atoms with E-state index in [-0.39, 0.29) is 16.8 Å². The summed E-state index contributed by atoms with van der Waals surface area (Å²) < 4.78 is 1.72. The van der Waals surface area contributed by atoms with E-state index in [1.54, 1.807) is 12.1 Å². The summed E-state index contributed by atoms with van der Waals surface area (Å²) in [7, 11) is 0. The van der Waals surface area contributed by atoms with Crippen LogP contribution in [-0.4, -0.2) is 15.6 Å². The third-order valence-electron chi connectivity index (χ3n) is 5.20. The summed E-state index contributed by atoms with van der Waals surface area (Å²) in [6.45, 7) is 0. The number of rotatable bonds is 0. The van der Waals surface area contributed by atoms with Crippen LogP contribution < -0.4 is 0 Å². The van der Waals surface area contributed by atoms with Crippen molar-refractivity contribution in [3.63, 3.8) is 0 Å². The Kier molecular flexibility index (Phi) is 6.63. The van der Waals surface area contributed by atoms with Gasteiger partial charge in [0.1, 0.15) is 11.5 Å². The fraction of sp³-hybridized carbons (Fsp3) is 0.0400. The number of alkyl halides is 2. The van der Waals surface area contributed by atoms with Crippen molar-refractivity contribution >= 4 is 55.1 Å². The zero-order valence-electron chi connectivity index (χ0n) is 16.0. The van der Waals surface area contributed by atoms with Crippen LogP contribution in [0.3, 0.4) is 0 Å². The minimum atomic E-state index is 0.127. The molecule has 156 valence electrons. The topological polar surface area (TPSA) is 40.5 Å². The second-order valence-corrected chi connectivity index (χ2v) is 9.34. The number of halogens is 4. The van der Waals surface area contributed by atoms with Gasteiger partial charge in [0.25, 0.3) is 0 Å². The second kappa shape index (κ2) is 9.25. The molecule has 0 atom stereocenters. The summed E-state index contributed by atoms with van der Waals surface area (Å²) >= 11 is 16.9. The first kappa shape index (κ1) is 22.2. The number of aromatic hydroxyl groups is 2. The first-order valence-electron chi connectivity index (χ1n) is 9.34. The van der Waals surface area contributed by atoms with E-state index < -0.39 is 0 Å². The first-order valence-corrected chi connectivity index (χ1v) is 12.0. The van der Waals surface area contributed by atoms with Gasteiger partial charge in [-0.05, 0) is 46.5 Å². The SMILES string of the molecule is ClCCl.Oc1ccc(Br)c2c1-c1c(O)ccc(Br)c1-c1ccccc1-c1ccccc1-2. The van der Waals surface area contributed by atoms with Gasteiger partial charge in [-0.1, -0.05) is 80.4 Å². The molecule has 5 rings (SSSR count). The maximum atomic E-state index is 10.9. The number of hydrogen-bond acceptors (Lipinski definition) is 2. The van der Waals surface area contributed by atoms with E-state index in [1.807, 2.05) is 36.4 Å². The molecule has 0 aliphatic heterocycles. The molecule has 6 heteroatoms. The highest BCUT2D eigenvalue weighted by Gasteiger charge is 2.28. The minimum absolute atomic E-state index is 0.127. The van der Waals surface area contributed by atoms with Crippen LogP contribution in [0.5, 0.6) is 11.5 Å². The summed E-state index contributed by atoms with van der Waals surface area (Å²) in [6, 6.07) is 23.3. The highest BCUT2D eigenvalue weighted by atomic mass is 79.9. The van der Waals surface area contributed by atoms with Crippen LogP contribution in [0.4, 0.5) is 0 Å². The molecule has 4 aromatic carbocycles. The Hall–Kier alpha value is -1.98. The van der Waals surface area contributed by atoms with Crippen LogP contribution in [0.2, 0.25) is 0 Å². The molecule has 0 bridgehead atoms. The molecule has 2 nitrogen and oxygen atoms in total. The summed E-state index contributed by atoms with van der Waals surface area (Å²) in [5, 5.41) is 22.0. The van der Waals surface area contributed by atoms with Gasteiger partial charge >= 0.3 is 0 Å². The largest absolute Gasteiger partial charge is 0.507 e. The van der Waals surface area contributed by atoms with Crippen molar-refractivity contribution < 1.29 is 10.2 Å². The van der Waals surface area contributed by atoms with E-state index in [0.717, 1.165) is 42.3 Å². The van der Waals surface area contributed by atoms with Gasteiger partial charge < -0.3 is 10.2 Å². The molecule has 4 aromatic rings. The molecule has 2 N–H and O–H groups in total. The predicted molar refractivity (Wildman–Crippen MR) is 137 cm³/mol. The van der Waals surface area contributed by atoms with Crippen molar-refractivity contribution in [3.05, 3.63) is 81.7 Å². The molecule has 1 aliphatic rings. The second-order valence-electron chi connectivity index (χ2n) is 6.83. The Balaban J connectivity index is 0.000000730. The van der Waals surface area contributed by atoms with E-state index in [2.05, 4.69) is 56.1 Å². The maximum Gasteiger partial charge on any atom is 0.124 e. The normalized spacial score (nSPS) is 11.0. The van der Waals surface area contributed by atoms with Crippen LogP contribution in [0.15, 0.2) is 81.7 Å². The van der Waals surface area contributed by atoms with E-state index in [4.69, 9.17) is 23.2 Å². The van der Waals surface area contributed by atoms with Crippen LogP contribution in [0.25, 0.3) is 44.5 Å². The number of benzene rings is 4. The Morgan fingerprint density at radius 3 is 1.19 bits per heavy atom. The van der Waals surface area contributed by atoms with Gasteiger partial charge in [0.2, 0.25) is 0 Å². The highest BCUT2D eigenvalue weighted by molar-refractivity contribution is 9.11. The Morgan fingerprint density at radius 2 is 0.839 bits per heavy atom. The van der Waals surface area contributed by atoms with Crippen molar-refractivity contribution in [1.82, 2.24) is 0 Å². The van der Waals surface area contributed by atoms with Crippen molar-refractivity contribution in [3.8, 4) is 56.0 Å². The van der Waals surface area contributed by atoms with Crippen molar-refractivity contribution in [2.75, 3.05) is 5.34 Å². The summed E-state index contributed by atoms with van der Waals surface area (Å²) in [5.74, 6) is 0.254. The van der Waals surface area contributed by atoms with E-state index in [9.17, 15) is 10.2 Å². The average molecular weight is 579 g/mol. The highest BCUT2D eigenvalue weighted by Crippen LogP contribution is 2.55. The number of phenols is 2. The minimum Gasteiger partial charge on any atom is -0.507 e. The number of phenolic OH excluding ortho intramolecular Hbond substituents is 2. The Morgan fingerprint density at radius 1 is 0.516 bits per heavy atom. The van der Waals surface area contributed by atoms with Gasteiger partial charge in [-0.2, -0.15) is 0 Å². The smallest absolute Gasteiger partial charge is 0.124 e. The van der Waals surface area contributed by atoms with Crippen molar-refractivity contribution in [1.29, 1.82) is 0 Å². The monoisotopic (exact) mass is 576 g/mol. The van der Waals surface area contributed by atoms with Crippen LogP contribution in [0.1, 0.15) is 0 Å². The van der Waals surface area contributed by atoms with Crippen molar-refractivity contribution in [2.45, 2.75) is 0 Å². The summed E-state index contributed by atoms with van der Waals surface area (Å²) in [4.78, 5) is 0. The third-order valence-corrected chi connectivity index (χ3v) is 6.52. The lowest BCUT2D eigenvalue weighted by molar-refractivity contribution is 0.469. The van der Waals surface area contributed by atoms with Crippen molar-refractivity contribution in [2.24, 2.45) is 0 Å². The number of hydrogen-bond donors (Lipinski definition) is 2. The lowest BCUT2D eigenvalue weighted by Gasteiger charge is -2.25. The van der Waals surface area contributed by atoms with Crippen LogP contribution >= 0.6 is 55.1 Å². The van der Waals surface area contributed by atoms with E-state index in [0.29, 0.717) is 11.1 Å². The molecule has 0 heterocycles. The lowest BCUT2D eigenvalue weighted by Crippen LogP contribution is -1.99. The molecular weight excluding hydrogens is 563 g/mol. The van der Waals surface area contributed by atoms with E-state index >= 15 is 0 Å². The molecule has 0 saturated carbocycles. The number of fused-ring (bicyclic) bond motifs is 8. The predicted octanol–water partition coefficient (Wildman–Crippen LogP) is 9.03. The molecular formula is C25H16Br2Cl2O2. The maximum absolute atomic E-state index is 10.9. The van der Waals surface area contributed by atoms with Crippen LogP contribution in [0, 0.1) is 0 Å². The van der Waals surface area contributed by atoms with Gasteiger partial charge in [-0.3, -0.25) is 0 Å². The molecule has 0 fully saturated rings. The molecule has 0 amide bonds. The summed E-state index contributed by atoms with van der Waals surface area (Å²) in [5.41, 5.74) is 7.10. The fourth-order valence-electron chi connectivity index (χ4n) is 4.04. The summed E-state index contributed by atoms with van der Waals surface area (Å²) in [6.07, 6.45) is 0. The van der Waals surface area contributed by atoms with Gasteiger partial charge in [-0.25, -0.2) is 0 Å². The van der Waals surface area contributed by atoms with Gasteiger partial charge in [-0.15, -0.1) is 23.2 Å². The third kappa shape index (κ3) is 3.87. The molecule has 0 radical (unpaired) electrons. The molecule has 31 heavy (non-hydrogen) atoms. The van der Waals surface area contributed by atoms with Gasteiger partial charge in [0, 0.05) is 31.2 Å². The molecule has 0 aromatic heterocycles. The zero-order valence-corrected chi connectivity index (χ0v) is 20.7. The molecule has 0 saturated heterocycles. The molecule has 0 unspecified atom stereocenters. The zero-order chi connectivity index (χ0) is 22.1. The lowest BCUT2D eigenvalue weighted by atomic mass is 9.80. The van der Waals surface area contributed by atoms with Crippen LogP contribution in [-0.2, 0) is 0 Å². The quantitative estimate of drug-likeness (QED) is 0.180. The first-order chi connectivity index (χ1) is 15.0. The Labute approximate surface area is 207 Å². The standard InChI is InChI=1S/C24H14Br2O2.CH2Cl2/c25-17-9-11-19(27)23-21(17)15-7-3-1-5-13(15)14-6-2-4-8-16(14)22-18(26)10-12-20(28)24(22)23;2-1-3/h1-12,27-28H;1H2. The molecule has 1 aliphatic carbocycles. The van der Waals surface area contributed by atoms with E-state index in [1.165, 1.54) is 0 Å². The van der Waals surface area contributed by atoms with Gasteiger partial charge in [0.05, 0.1) is 5.34 Å². The van der Waals surface area contributed by atoms with Gasteiger partial charge in [0.15, 0.2) is 0 Å². The Bertz CT molecular complexity index is 1190.